The van der Waals surface area contributed by atoms with Crippen LogP contribution in [0.1, 0.15) is 11.7 Å². The highest BCUT2D eigenvalue weighted by Crippen LogP contribution is 2.19. The topological polar surface area (TPSA) is 49.9 Å². The second-order valence-electron chi connectivity index (χ2n) is 2.37. The Hall–Kier alpha value is -0.900. The van der Waals surface area contributed by atoms with E-state index in [9.17, 15) is 4.39 Å². The maximum Gasteiger partial charge on any atom is 0.181 e. The number of nitrogens with two attached hydrogens (primary N) is 1. The van der Waals surface area contributed by atoms with E-state index in [-0.39, 0.29) is 0 Å². The molecule has 0 spiro atoms. The second kappa shape index (κ2) is 3.67. The molecule has 0 heterocycles. The van der Waals surface area contributed by atoms with Crippen LogP contribution >= 0.6 is 15.9 Å². The Balaban J connectivity index is 2.89. The van der Waals surface area contributed by atoms with Gasteiger partial charge in [0.25, 0.3) is 0 Å². The molecule has 3 N–H and O–H groups in total. The van der Waals surface area contributed by atoms with E-state index in [4.69, 9.17) is 11.1 Å². The minimum Gasteiger partial charge on any atom is -0.385 e. The van der Waals surface area contributed by atoms with E-state index in [1.165, 1.54) is 0 Å². The normalized spacial score (nSPS) is 12.5. The fraction of sp³-hybridized carbons (Fsp3) is 0.125. The maximum atomic E-state index is 13.0. The lowest BCUT2D eigenvalue weighted by Crippen LogP contribution is -2.16. The van der Waals surface area contributed by atoms with Gasteiger partial charge in [0.05, 0.1) is 0 Å². The molecular weight excluding hydrogens is 223 g/mol. The van der Waals surface area contributed by atoms with Gasteiger partial charge in [-0.05, 0) is 17.7 Å². The summed E-state index contributed by atoms with van der Waals surface area (Å²) in [5, 5.41) is 6.88. The largest absolute Gasteiger partial charge is 0.385 e. The lowest BCUT2D eigenvalue weighted by atomic mass is 10.1. The van der Waals surface area contributed by atoms with Crippen LogP contribution < -0.4 is 5.73 Å². The average molecular weight is 231 g/mol. The third-order valence-corrected chi connectivity index (χ3v) is 1.96. The van der Waals surface area contributed by atoms with Crippen molar-refractivity contribution in [3.05, 3.63) is 34.3 Å². The lowest BCUT2D eigenvalue weighted by Gasteiger charge is -2.05. The van der Waals surface area contributed by atoms with E-state index in [0.29, 0.717) is 5.56 Å². The van der Waals surface area contributed by atoms with Gasteiger partial charge in [0.1, 0.15) is 5.84 Å². The van der Waals surface area contributed by atoms with Gasteiger partial charge in [0, 0.05) is 4.47 Å². The smallest absolute Gasteiger partial charge is 0.181 e. The van der Waals surface area contributed by atoms with Crippen molar-refractivity contribution in [2.45, 2.75) is 6.17 Å². The molecule has 1 atom stereocenters. The molecule has 0 aliphatic rings. The molecule has 0 fully saturated rings. The minimum atomic E-state index is -1.49. The van der Waals surface area contributed by atoms with Crippen LogP contribution in [0.5, 0.6) is 0 Å². The van der Waals surface area contributed by atoms with E-state index >= 15 is 0 Å². The molecule has 0 radical (unpaired) electrons. The van der Waals surface area contributed by atoms with Gasteiger partial charge >= 0.3 is 0 Å². The molecule has 0 saturated heterocycles. The van der Waals surface area contributed by atoms with Gasteiger partial charge in [-0.25, -0.2) is 4.39 Å². The Labute approximate surface area is 78.2 Å². The molecule has 1 aromatic carbocycles. The van der Waals surface area contributed by atoms with Gasteiger partial charge in [-0.15, -0.1) is 0 Å². The zero-order valence-electron chi connectivity index (χ0n) is 6.22. The molecule has 64 valence electrons. The zero-order valence-corrected chi connectivity index (χ0v) is 7.81. The summed E-state index contributed by atoms with van der Waals surface area (Å²) in [4.78, 5) is 0. The fourth-order valence-corrected chi connectivity index (χ4v) is 1.08. The Morgan fingerprint density at radius 3 is 2.33 bits per heavy atom. The predicted molar refractivity (Wildman–Crippen MR) is 49.9 cm³/mol. The number of amidine groups is 1. The highest BCUT2D eigenvalue weighted by atomic mass is 79.9. The van der Waals surface area contributed by atoms with Gasteiger partial charge in [-0.3, -0.25) is 5.41 Å². The Morgan fingerprint density at radius 1 is 1.42 bits per heavy atom. The van der Waals surface area contributed by atoms with Gasteiger partial charge < -0.3 is 5.73 Å². The summed E-state index contributed by atoms with van der Waals surface area (Å²) in [5.74, 6) is -0.461. The standard InChI is InChI=1S/C8H8BrFN2/c9-6-3-1-5(2-4-6)7(10)8(11)12/h1-4,7H,(H3,11,12). The first-order chi connectivity index (χ1) is 5.61. The molecule has 2 nitrogen and oxygen atoms in total. The number of benzene rings is 1. The van der Waals surface area contributed by atoms with Gasteiger partial charge in [-0.2, -0.15) is 0 Å². The first-order valence-corrected chi connectivity index (χ1v) is 4.14. The molecule has 0 bridgehead atoms. The summed E-state index contributed by atoms with van der Waals surface area (Å²) in [6.07, 6.45) is -1.49. The number of nitrogens with one attached hydrogen (secondary N) is 1. The third-order valence-electron chi connectivity index (χ3n) is 1.44. The Morgan fingerprint density at radius 2 is 1.92 bits per heavy atom. The second-order valence-corrected chi connectivity index (χ2v) is 3.29. The van der Waals surface area contributed by atoms with Crippen LogP contribution in [0.4, 0.5) is 4.39 Å². The van der Waals surface area contributed by atoms with Crippen molar-refractivity contribution in [3.8, 4) is 0 Å². The summed E-state index contributed by atoms with van der Waals surface area (Å²) in [6.45, 7) is 0. The van der Waals surface area contributed by atoms with Crippen LogP contribution in [-0.2, 0) is 0 Å². The summed E-state index contributed by atoms with van der Waals surface area (Å²) < 4.78 is 13.9. The number of hydrogen-bond acceptors (Lipinski definition) is 1. The molecule has 4 heteroatoms. The third kappa shape index (κ3) is 2.04. The van der Waals surface area contributed by atoms with Gasteiger partial charge in [-0.1, -0.05) is 28.1 Å². The van der Waals surface area contributed by atoms with Crippen LogP contribution in [0.2, 0.25) is 0 Å². The summed E-state index contributed by atoms with van der Waals surface area (Å²) in [5.41, 5.74) is 5.41. The van der Waals surface area contributed by atoms with Crippen molar-refractivity contribution >= 4 is 21.8 Å². The van der Waals surface area contributed by atoms with Crippen LogP contribution in [0.3, 0.4) is 0 Å². The van der Waals surface area contributed by atoms with Gasteiger partial charge in [0.2, 0.25) is 0 Å². The lowest BCUT2D eigenvalue weighted by molar-refractivity contribution is 0.435. The Bertz CT molecular complexity index is 284. The average Bonchev–Trinajstić information content (AvgIpc) is 2.04. The van der Waals surface area contributed by atoms with Crippen LogP contribution in [0.25, 0.3) is 0 Å². The monoisotopic (exact) mass is 230 g/mol. The number of rotatable bonds is 2. The zero-order chi connectivity index (χ0) is 9.14. The number of halogens is 2. The minimum absolute atomic E-state index is 0.408. The molecule has 0 aromatic heterocycles. The molecule has 0 aliphatic heterocycles. The molecule has 12 heavy (non-hydrogen) atoms. The van der Waals surface area contributed by atoms with Crippen molar-refractivity contribution in [2.24, 2.45) is 5.73 Å². The number of hydrogen-bond donors (Lipinski definition) is 2. The van der Waals surface area contributed by atoms with E-state index in [1.807, 2.05) is 0 Å². The SMILES string of the molecule is N=C(N)C(F)c1ccc(Br)cc1. The maximum absolute atomic E-state index is 13.0. The van der Waals surface area contributed by atoms with Crippen molar-refractivity contribution in [1.29, 1.82) is 5.41 Å². The first-order valence-electron chi connectivity index (χ1n) is 3.34. The highest BCUT2D eigenvalue weighted by molar-refractivity contribution is 9.10. The van der Waals surface area contributed by atoms with Crippen molar-refractivity contribution in [1.82, 2.24) is 0 Å². The Kier molecular flexibility index (Phi) is 2.81. The van der Waals surface area contributed by atoms with Crippen molar-refractivity contribution < 1.29 is 4.39 Å². The van der Waals surface area contributed by atoms with Crippen LogP contribution in [-0.4, -0.2) is 5.84 Å². The van der Waals surface area contributed by atoms with E-state index in [2.05, 4.69) is 15.9 Å². The summed E-state index contributed by atoms with van der Waals surface area (Å²) >= 11 is 3.22. The van der Waals surface area contributed by atoms with Crippen molar-refractivity contribution in [3.63, 3.8) is 0 Å². The molecule has 1 aromatic rings. The molecule has 0 aliphatic carbocycles. The van der Waals surface area contributed by atoms with E-state index in [1.54, 1.807) is 24.3 Å². The number of alkyl halides is 1. The summed E-state index contributed by atoms with van der Waals surface area (Å²) in [7, 11) is 0. The van der Waals surface area contributed by atoms with Crippen LogP contribution in [0.15, 0.2) is 28.7 Å². The molecular formula is C8H8BrFN2. The highest BCUT2D eigenvalue weighted by Gasteiger charge is 2.11. The molecule has 1 rings (SSSR count). The molecule has 0 saturated carbocycles. The quantitative estimate of drug-likeness (QED) is 0.595. The van der Waals surface area contributed by atoms with Crippen molar-refractivity contribution in [2.75, 3.05) is 0 Å². The summed E-state index contributed by atoms with van der Waals surface area (Å²) in [6, 6.07) is 6.61. The molecule has 0 amide bonds. The fourth-order valence-electron chi connectivity index (χ4n) is 0.811. The molecule has 1 unspecified atom stereocenters. The van der Waals surface area contributed by atoms with E-state index < -0.39 is 12.0 Å². The van der Waals surface area contributed by atoms with E-state index in [0.717, 1.165) is 4.47 Å². The predicted octanol–water partition coefficient (Wildman–Crippen LogP) is 2.40. The first kappa shape index (κ1) is 9.19. The van der Waals surface area contributed by atoms with Crippen LogP contribution in [0, 0.1) is 5.41 Å². The van der Waals surface area contributed by atoms with Gasteiger partial charge in [0.15, 0.2) is 6.17 Å².